The lowest BCUT2D eigenvalue weighted by molar-refractivity contribution is -0.114. The molecule has 112 valence electrons. The summed E-state index contributed by atoms with van der Waals surface area (Å²) in [6.07, 6.45) is 1.47. The van der Waals surface area contributed by atoms with Crippen molar-refractivity contribution in [3.05, 3.63) is 64.7 Å². The molecule has 6 heteroatoms. The molecular formula is C16H14ClN3O2. The highest BCUT2D eigenvalue weighted by Crippen LogP contribution is 2.12. The largest absolute Gasteiger partial charge is 0.326 e. The second-order valence-electron chi connectivity index (χ2n) is 4.48. The number of carbonyl (C=O) groups is 2. The number of rotatable bonds is 4. The van der Waals surface area contributed by atoms with E-state index in [1.165, 1.54) is 13.1 Å². The van der Waals surface area contributed by atoms with E-state index < -0.39 is 0 Å². The van der Waals surface area contributed by atoms with E-state index in [0.717, 1.165) is 0 Å². The standard InChI is InChI=1S/C16H14ClN3O2/c1-11(21)19-14-7-4-6-12(9-14)16(22)20-18-10-13-5-2-3-8-15(13)17/h2-10H,1H3,(H,19,21)(H,20,22). The lowest BCUT2D eigenvalue weighted by Crippen LogP contribution is -2.18. The van der Waals surface area contributed by atoms with E-state index in [2.05, 4.69) is 15.8 Å². The normalized spacial score (nSPS) is 10.5. The van der Waals surface area contributed by atoms with E-state index in [4.69, 9.17) is 11.6 Å². The molecule has 0 bridgehead atoms. The van der Waals surface area contributed by atoms with Gasteiger partial charge in [0.25, 0.3) is 5.91 Å². The van der Waals surface area contributed by atoms with Crippen molar-refractivity contribution in [3.63, 3.8) is 0 Å². The molecule has 5 nitrogen and oxygen atoms in total. The summed E-state index contributed by atoms with van der Waals surface area (Å²) in [5, 5.41) is 7.04. The lowest BCUT2D eigenvalue weighted by Gasteiger charge is -2.04. The van der Waals surface area contributed by atoms with Gasteiger partial charge in [0.15, 0.2) is 0 Å². The van der Waals surface area contributed by atoms with Gasteiger partial charge in [-0.1, -0.05) is 35.9 Å². The van der Waals surface area contributed by atoms with Crippen molar-refractivity contribution in [2.24, 2.45) is 5.10 Å². The van der Waals surface area contributed by atoms with Crippen molar-refractivity contribution in [2.75, 3.05) is 5.32 Å². The van der Waals surface area contributed by atoms with E-state index in [-0.39, 0.29) is 11.8 Å². The quantitative estimate of drug-likeness (QED) is 0.672. The predicted molar refractivity (Wildman–Crippen MR) is 87.3 cm³/mol. The number of hydrazone groups is 1. The van der Waals surface area contributed by atoms with Crippen LogP contribution in [0.4, 0.5) is 5.69 Å². The molecular weight excluding hydrogens is 302 g/mol. The van der Waals surface area contributed by atoms with Crippen LogP contribution in [-0.2, 0) is 4.79 Å². The first kappa shape index (κ1) is 15.7. The third-order valence-corrected chi connectivity index (χ3v) is 3.06. The topological polar surface area (TPSA) is 70.6 Å². The minimum absolute atomic E-state index is 0.200. The van der Waals surface area contributed by atoms with Gasteiger partial charge in [0.05, 0.1) is 6.21 Å². The molecule has 0 aliphatic heterocycles. The maximum absolute atomic E-state index is 12.0. The molecule has 0 spiro atoms. The summed E-state index contributed by atoms with van der Waals surface area (Å²) in [4.78, 5) is 23.0. The first-order valence-electron chi connectivity index (χ1n) is 6.52. The Hall–Kier alpha value is -2.66. The summed E-state index contributed by atoms with van der Waals surface area (Å²) >= 11 is 5.98. The van der Waals surface area contributed by atoms with Crippen LogP contribution in [0.25, 0.3) is 0 Å². The molecule has 2 amide bonds. The van der Waals surface area contributed by atoms with Crippen molar-refractivity contribution in [1.29, 1.82) is 0 Å². The Kier molecular flexibility index (Phi) is 5.27. The third kappa shape index (κ3) is 4.43. The summed E-state index contributed by atoms with van der Waals surface area (Å²) in [6, 6.07) is 13.7. The van der Waals surface area contributed by atoms with Crippen LogP contribution in [0.5, 0.6) is 0 Å². The minimum Gasteiger partial charge on any atom is -0.326 e. The van der Waals surface area contributed by atoms with Crippen LogP contribution in [0.15, 0.2) is 53.6 Å². The average Bonchev–Trinajstić information content (AvgIpc) is 2.48. The third-order valence-electron chi connectivity index (χ3n) is 2.72. The number of amides is 2. The Labute approximate surface area is 133 Å². The van der Waals surface area contributed by atoms with Gasteiger partial charge in [-0.2, -0.15) is 5.10 Å². The van der Waals surface area contributed by atoms with Crippen LogP contribution < -0.4 is 10.7 Å². The van der Waals surface area contributed by atoms with Gasteiger partial charge in [-0.3, -0.25) is 9.59 Å². The van der Waals surface area contributed by atoms with E-state index in [0.29, 0.717) is 21.8 Å². The van der Waals surface area contributed by atoms with Crippen LogP contribution in [0, 0.1) is 0 Å². The predicted octanol–water partition coefficient (Wildman–Crippen LogP) is 3.06. The van der Waals surface area contributed by atoms with Gasteiger partial charge < -0.3 is 5.32 Å². The molecule has 0 unspecified atom stereocenters. The van der Waals surface area contributed by atoms with Gasteiger partial charge in [-0.15, -0.1) is 0 Å². The number of nitrogens with one attached hydrogen (secondary N) is 2. The fourth-order valence-electron chi connectivity index (χ4n) is 1.75. The van der Waals surface area contributed by atoms with Gasteiger partial charge in [-0.25, -0.2) is 5.43 Å². The number of nitrogens with zero attached hydrogens (tertiary/aromatic N) is 1. The summed E-state index contributed by atoms with van der Waals surface area (Å²) in [5.41, 5.74) is 4.06. The Balaban J connectivity index is 2.03. The first-order valence-corrected chi connectivity index (χ1v) is 6.89. The zero-order valence-corrected chi connectivity index (χ0v) is 12.6. The monoisotopic (exact) mass is 315 g/mol. The number of benzene rings is 2. The minimum atomic E-state index is -0.379. The highest BCUT2D eigenvalue weighted by molar-refractivity contribution is 6.33. The van der Waals surface area contributed by atoms with Gasteiger partial charge >= 0.3 is 0 Å². The number of hydrogen-bond donors (Lipinski definition) is 2. The number of hydrogen-bond acceptors (Lipinski definition) is 3. The molecule has 0 saturated heterocycles. The van der Waals surface area contributed by atoms with E-state index in [1.54, 1.807) is 36.4 Å². The van der Waals surface area contributed by atoms with E-state index in [1.807, 2.05) is 12.1 Å². The Morgan fingerprint density at radius 2 is 1.91 bits per heavy atom. The van der Waals surface area contributed by atoms with Crippen molar-refractivity contribution < 1.29 is 9.59 Å². The van der Waals surface area contributed by atoms with Crippen molar-refractivity contribution in [1.82, 2.24) is 5.43 Å². The van der Waals surface area contributed by atoms with Crippen LogP contribution in [-0.4, -0.2) is 18.0 Å². The zero-order valence-electron chi connectivity index (χ0n) is 11.8. The Morgan fingerprint density at radius 1 is 1.14 bits per heavy atom. The molecule has 2 aromatic rings. The highest BCUT2D eigenvalue weighted by atomic mass is 35.5. The first-order chi connectivity index (χ1) is 10.6. The van der Waals surface area contributed by atoms with Gasteiger partial charge in [0.1, 0.15) is 0 Å². The summed E-state index contributed by atoms with van der Waals surface area (Å²) in [7, 11) is 0. The Morgan fingerprint density at radius 3 is 2.64 bits per heavy atom. The fourth-order valence-corrected chi connectivity index (χ4v) is 1.93. The van der Waals surface area contributed by atoms with Gasteiger partial charge in [0.2, 0.25) is 5.91 Å². The number of carbonyl (C=O) groups excluding carboxylic acids is 2. The van der Waals surface area contributed by atoms with Gasteiger partial charge in [0, 0.05) is 28.8 Å². The van der Waals surface area contributed by atoms with Crippen molar-refractivity contribution in [3.8, 4) is 0 Å². The van der Waals surface area contributed by atoms with Crippen molar-refractivity contribution >= 4 is 35.3 Å². The molecule has 2 N–H and O–H groups in total. The smallest absolute Gasteiger partial charge is 0.271 e. The molecule has 0 aliphatic carbocycles. The van der Waals surface area contributed by atoms with Crippen LogP contribution in [0.1, 0.15) is 22.8 Å². The summed E-state index contributed by atoms with van der Waals surface area (Å²) in [5.74, 6) is -0.579. The van der Waals surface area contributed by atoms with E-state index in [9.17, 15) is 9.59 Å². The molecule has 0 aliphatic rings. The molecule has 0 atom stereocenters. The van der Waals surface area contributed by atoms with Crippen molar-refractivity contribution in [2.45, 2.75) is 6.92 Å². The maximum atomic E-state index is 12.0. The second-order valence-corrected chi connectivity index (χ2v) is 4.89. The number of anilines is 1. The zero-order chi connectivity index (χ0) is 15.9. The SMILES string of the molecule is CC(=O)Nc1cccc(C(=O)NN=Cc2ccccc2Cl)c1. The lowest BCUT2D eigenvalue weighted by atomic mass is 10.2. The molecule has 0 aromatic heterocycles. The molecule has 2 aromatic carbocycles. The van der Waals surface area contributed by atoms with Gasteiger partial charge in [-0.05, 0) is 24.3 Å². The fraction of sp³-hybridized carbons (Fsp3) is 0.0625. The molecule has 0 radical (unpaired) electrons. The molecule has 0 heterocycles. The molecule has 22 heavy (non-hydrogen) atoms. The van der Waals surface area contributed by atoms with Crippen LogP contribution in [0.3, 0.4) is 0 Å². The van der Waals surface area contributed by atoms with E-state index >= 15 is 0 Å². The molecule has 0 fully saturated rings. The summed E-state index contributed by atoms with van der Waals surface area (Å²) < 4.78 is 0. The number of halogens is 1. The second kappa shape index (κ2) is 7.38. The Bertz CT molecular complexity index is 729. The maximum Gasteiger partial charge on any atom is 0.271 e. The average molecular weight is 316 g/mol. The molecule has 0 saturated carbocycles. The van der Waals surface area contributed by atoms with Crippen LogP contribution in [0.2, 0.25) is 5.02 Å². The summed E-state index contributed by atoms with van der Waals surface area (Å²) in [6.45, 7) is 1.40. The highest BCUT2D eigenvalue weighted by Gasteiger charge is 2.05. The molecule has 2 rings (SSSR count). The van der Waals surface area contributed by atoms with Crippen LogP contribution >= 0.6 is 11.6 Å².